The maximum absolute atomic E-state index is 10.7. The quantitative estimate of drug-likeness (QED) is 0.421. The summed E-state index contributed by atoms with van der Waals surface area (Å²) in [5.41, 5.74) is 0.159. The first kappa shape index (κ1) is 9.74. The molecule has 15 heavy (non-hydrogen) atoms. The normalized spacial score (nSPS) is 12.9. The number of aromatic nitrogens is 2. The van der Waals surface area contributed by atoms with Gasteiger partial charge in [0.1, 0.15) is 10.7 Å². The lowest BCUT2D eigenvalue weighted by Gasteiger charge is -2.03. The molecule has 7 nitrogen and oxygen atoms in total. The van der Waals surface area contributed by atoms with Crippen LogP contribution in [0.1, 0.15) is 0 Å². The molecule has 1 atom stereocenters. The third kappa shape index (κ3) is 1.60. The fourth-order valence-electron chi connectivity index (χ4n) is 1.18. The van der Waals surface area contributed by atoms with E-state index in [2.05, 4.69) is 4.98 Å². The highest BCUT2D eigenvalue weighted by Gasteiger charge is 2.09. The van der Waals surface area contributed by atoms with Crippen molar-refractivity contribution in [3.8, 4) is 0 Å². The van der Waals surface area contributed by atoms with E-state index in [-0.39, 0.29) is 10.7 Å². The minimum atomic E-state index is -2.47. The van der Waals surface area contributed by atoms with Gasteiger partial charge in [-0.1, -0.05) is 0 Å². The van der Waals surface area contributed by atoms with Crippen LogP contribution in [0, 0.1) is 10.1 Å². The summed E-state index contributed by atoms with van der Waals surface area (Å²) in [4.78, 5) is 13.7. The number of nitrogens with zero attached hydrogens (tertiary/aromatic N) is 3. The van der Waals surface area contributed by atoms with Crippen molar-refractivity contribution in [3.05, 3.63) is 34.6 Å². The molecule has 0 saturated heterocycles. The fourth-order valence-corrected chi connectivity index (χ4v) is 1.62. The Bertz CT molecular complexity index is 564. The largest absolute Gasteiger partial charge is 0.767 e. The van der Waals surface area contributed by atoms with E-state index in [1.165, 1.54) is 12.1 Å². The van der Waals surface area contributed by atoms with Gasteiger partial charge in [0.2, 0.25) is 0 Å². The van der Waals surface area contributed by atoms with Gasteiger partial charge >= 0.3 is 0 Å². The molecule has 2 rings (SSSR count). The molecule has 1 unspecified atom stereocenters. The number of hydrogen-bond donors (Lipinski definition) is 0. The van der Waals surface area contributed by atoms with Crippen molar-refractivity contribution in [3.63, 3.8) is 0 Å². The van der Waals surface area contributed by atoms with Crippen molar-refractivity contribution in [2.75, 3.05) is 0 Å². The zero-order valence-electron chi connectivity index (χ0n) is 7.19. The Kier molecular flexibility index (Phi) is 2.21. The molecule has 0 aliphatic carbocycles. The van der Waals surface area contributed by atoms with E-state index in [1.807, 2.05) is 0 Å². The van der Waals surface area contributed by atoms with E-state index in [0.29, 0.717) is 5.65 Å². The molecule has 2 aromatic heterocycles. The lowest BCUT2D eigenvalue weighted by molar-refractivity contribution is -0.385. The average molecular weight is 226 g/mol. The molecule has 0 aromatic carbocycles. The zero-order chi connectivity index (χ0) is 11.0. The van der Waals surface area contributed by atoms with Gasteiger partial charge in [-0.25, -0.2) is 4.98 Å². The van der Waals surface area contributed by atoms with Crippen LogP contribution < -0.4 is 0 Å². The Morgan fingerprint density at radius 3 is 2.80 bits per heavy atom. The second-order valence-electron chi connectivity index (χ2n) is 2.70. The Labute approximate surface area is 85.8 Å². The van der Waals surface area contributed by atoms with Crippen LogP contribution in [0.3, 0.4) is 0 Å². The van der Waals surface area contributed by atoms with Gasteiger partial charge in [0.25, 0.3) is 5.69 Å². The summed E-state index contributed by atoms with van der Waals surface area (Å²) in [6.45, 7) is 0. The van der Waals surface area contributed by atoms with Gasteiger partial charge in [0, 0.05) is 6.07 Å². The fraction of sp³-hybridized carbons (Fsp3) is 0. The third-order valence-corrected chi connectivity index (χ3v) is 2.48. The molecule has 8 heteroatoms. The highest BCUT2D eigenvalue weighted by molar-refractivity contribution is 7.79. The second-order valence-corrected chi connectivity index (χ2v) is 3.59. The number of hydrogen-bond acceptors (Lipinski definition) is 5. The molecule has 0 amide bonds. The topological polar surface area (TPSA) is 101 Å². The predicted octanol–water partition coefficient (Wildman–Crippen LogP) is 0.480. The summed E-state index contributed by atoms with van der Waals surface area (Å²) in [7, 11) is 0. The van der Waals surface area contributed by atoms with Crippen LogP contribution in [0.15, 0.2) is 29.6 Å². The smallest absolute Gasteiger partial charge is 0.286 e. The Morgan fingerprint density at radius 2 is 2.20 bits per heavy atom. The van der Waals surface area contributed by atoms with Crippen LogP contribution in [-0.4, -0.2) is 23.1 Å². The molecule has 0 radical (unpaired) electrons. The van der Waals surface area contributed by atoms with E-state index < -0.39 is 16.0 Å². The summed E-state index contributed by atoms with van der Waals surface area (Å²) >= 11 is -2.47. The molecule has 78 valence electrons. The van der Waals surface area contributed by atoms with Gasteiger partial charge in [-0.15, -0.1) is 0 Å². The van der Waals surface area contributed by atoms with Crippen molar-refractivity contribution in [2.45, 2.75) is 5.03 Å². The van der Waals surface area contributed by atoms with Gasteiger partial charge in [-0.05, 0) is 17.1 Å². The molecule has 0 fully saturated rings. The summed E-state index contributed by atoms with van der Waals surface area (Å²) in [6.07, 6.45) is 2.26. The molecule has 0 bridgehead atoms. The van der Waals surface area contributed by atoms with E-state index in [9.17, 15) is 18.9 Å². The standard InChI is InChI=1S/C7H5N3O4S/c11-10(12)5-1-2-6-8-3-7(15(13)14)9(6)4-5/h1-4H,(H,13,14)/p-1. The number of pyridine rings is 1. The average Bonchev–Trinajstić information content (AvgIpc) is 2.59. The van der Waals surface area contributed by atoms with Crippen LogP contribution in [0.4, 0.5) is 5.69 Å². The molecule has 2 aromatic rings. The van der Waals surface area contributed by atoms with Gasteiger partial charge in [0.05, 0.1) is 17.3 Å². The zero-order valence-corrected chi connectivity index (χ0v) is 8.01. The molecule has 2 heterocycles. The SMILES string of the molecule is O=[N+]([O-])c1ccc2ncc(S(=O)[O-])n2c1. The lowest BCUT2D eigenvalue weighted by Crippen LogP contribution is -1.97. The number of rotatable bonds is 2. The van der Waals surface area contributed by atoms with Gasteiger partial charge in [-0.3, -0.25) is 18.7 Å². The van der Waals surface area contributed by atoms with Crippen molar-refractivity contribution in [2.24, 2.45) is 0 Å². The highest BCUT2D eigenvalue weighted by atomic mass is 32.2. The summed E-state index contributed by atoms with van der Waals surface area (Å²) < 4.78 is 22.6. The van der Waals surface area contributed by atoms with Crippen LogP contribution in [-0.2, 0) is 11.1 Å². The Balaban J connectivity index is 2.72. The minimum Gasteiger partial charge on any atom is -0.767 e. The monoisotopic (exact) mass is 226 g/mol. The summed E-state index contributed by atoms with van der Waals surface area (Å²) in [6, 6.07) is 2.65. The number of imidazole rings is 1. The van der Waals surface area contributed by atoms with Crippen LogP contribution >= 0.6 is 0 Å². The summed E-state index contributed by atoms with van der Waals surface area (Å²) in [5.74, 6) is 0. The molecule has 0 aliphatic heterocycles. The van der Waals surface area contributed by atoms with E-state index in [0.717, 1.165) is 16.8 Å². The summed E-state index contributed by atoms with van der Waals surface area (Å²) in [5, 5.41) is 10.4. The van der Waals surface area contributed by atoms with Crippen molar-refractivity contribution in [1.29, 1.82) is 0 Å². The van der Waals surface area contributed by atoms with Gasteiger partial charge in [0.15, 0.2) is 0 Å². The molecule has 0 N–H and O–H groups in total. The third-order valence-electron chi connectivity index (χ3n) is 1.84. The van der Waals surface area contributed by atoms with Crippen molar-refractivity contribution < 1.29 is 13.7 Å². The Morgan fingerprint density at radius 1 is 1.47 bits per heavy atom. The first-order chi connectivity index (χ1) is 7.09. The van der Waals surface area contributed by atoms with E-state index >= 15 is 0 Å². The molecule has 0 spiro atoms. The minimum absolute atomic E-state index is 0.103. The van der Waals surface area contributed by atoms with E-state index in [4.69, 9.17) is 0 Å². The number of fused-ring (bicyclic) bond motifs is 1. The molecular formula is C7H4N3O4S-. The van der Waals surface area contributed by atoms with Crippen LogP contribution in [0.5, 0.6) is 0 Å². The maximum Gasteiger partial charge on any atom is 0.286 e. The van der Waals surface area contributed by atoms with Crippen molar-refractivity contribution in [1.82, 2.24) is 9.38 Å². The highest BCUT2D eigenvalue weighted by Crippen LogP contribution is 2.15. The second kappa shape index (κ2) is 3.41. The molecular weight excluding hydrogens is 222 g/mol. The Hall–Kier alpha value is -1.80. The molecule has 0 aliphatic rings. The lowest BCUT2D eigenvalue weighted by atomic mass is 10.4. The first-order valence-corrected chi connectivity index (χ1v) is 4.88. The predicted molar refractivity (Wildman–Crippen MR) is 49.0 cm³/mol. The maximum atomic E-state index is 10.7. The van der Waals surface area contributed by atoms with Crippen LogP contribution in [0.25, 0.3) is 5.65 Å². The van der Waals surface area contributed by atoms with Crippen LogP contribution in [0.2, 0.25) is 0 Å². The van der Waals surface area contributed by atoms with Gasteiger partial charge < -0.3 is 4.55 Å². The van der Waals surface area contributed by atoms with E-state index in [1.54, 1.807) is 0 Å². The van der Waals surface area contributed by atoms with Crippen molar-refractivity contribution >= 4 is 22.4 Å². The van der Waals surface area contributed by atoms with Gasteiger partial charge in [-0.2, -0.15) is 0 Å². The molecule has 0 saturated carbocycles. The first-order valence-electron chi connectivity index (χ1n) is 3.80. The number of nitro groups is 1.